The first-order chi connectivity index (χ1) is 8.78. The van der Waals surface area contributed by atoms with Crippen molar-refractivity contribution in [2.24, 2.45) is 5.92 Å². The van der Waals surface area contributed by atoms with Gasteiger partial charge in [-0.05, 0) is 48.0 Å². The van der Waals surface area contributed by atoms with Crippen LogP contribution in [0.15, 0.2) is 24.3 Å². The molecule has 98 valence electrons. The first-order valence-electron chi connectivity index (χ1n) is 6.30. The molecule has 0 aliphatic carbocycles. The lowest BCUT2D eigenvalue weighted by Crippen LogP contribution is -2.19. The van der Waals surface area contributed by atoms with Gasteiger partial charge in [-0.15, -0.1) is 11.6 Å². The van der Waals surface area contributed by atoms with Crippen LogP contribution in [0.2, 0.25) is 0 Å². The van der Waals surface area contributed by atoms with E-state index in [1.807, 2.05) is 36.0 Å². The molecule has 1 saturated heterocycles. The highest BCUT2D eigenvalue weighted by atomic mass is 35.5. The molecule has 1 aromatic rings. The molecule has 0 aromatic heterocycles. The van der Waals surface area contributed by atoms with Crippen LogP contribution in [-0.4, -0.2) is 17.4 Å². The Hall–Kier alpha value is -0.670. The van der Waals surface area contributed by atoms with Crippen LogP contribution in [0.3, 0.4) is 0 Å². The predicted molar refractivity (Wildman–Crippen MR) is 79.3 cm³/mol. The van der Waals surface area contributed by atoms with E-state index in [0.717, 1.165) is 11.3 Å². The number of anilines is 1. The van der Waals surface area contributed by atoms with Crippen LogP contribution in [0.1, 0.15) is 24.8 Å². The second kappa shape index (κ2) is 7.05. The van der Waals surface area contributed by atoms with Gasteiger partial charge in [0.2, 0.25) is 5.91 Å². The Morgan fingerprint density at radius 2 is 2.17 bits per heavy atom. The summed E-state index contributed by atoms with van der Waals surface area (Å²) >= 11 is 7.76. The molecule has 0 saturated carbocycles. The molecular formula is C14H18ClNOS. The molecular weight excluding hydrogens is 266 g/mol. The zero-order valence-corrected chi connectivity index (χ0v) is 11.9. The van der Waals surface area contributed by atoms with Gasteiger partial charge in [-0.25, -0.2) is 0 Å². The summed E-state index contributed by atoms with van der Waals surface area (Å²) in [6.07, 6.45) is 2.98. The summed E-state index contributed by atoms with van der Waals surface area (Å²) in [5.41, 5.74) is 1.88. The molecule has 0 radical (unpaired) electrons. The van der Waals surface area contributed by atoms with E-state index in [4.69, 9.17) is 11.6 Å². The van der Waals surface area contributed by atoms with E-state index in [-0.39, 0.29) is 5.91 Å². The van der Waals surface area contributed by atoms with Gasteiger partial charge in [-0.2, -0.15) is 11.8 Å². The molecule has 1 heterocycles. The fraction of sp³-hybridized carbons (Fsp3) is 0.500. The van der Waals surface area contributed by atoms with Gasteiger partial charge in [0.05, 0.1) is 0 Å². The van der Waals surface area contributed by atoms with Crippen LogP contribution in [-0.2, 0) is 10.7 Å². The van der Waals surface area contributed by atoms with Gasteiger partial charge in [0.25, 0.3) is 0 Å². The maximum atomic E-state index is 11.9. The minimum atomic E-state index is 0.124. The molecule has 0 atom stereocenters. The number of amides is 1. The van der Waals surface area contributed by atoms with Gasteiger partial charge in [-0.1, -0.05) is 12.1 Å². The standard InChI is InChI=1S/C14H18ClNOS/c15-10-12-2-1-3-13(8-12)16-14(17)9-11-4-6-18-7-5-11/h1-3,8,11H,4-7,9-10H2,(H,16,17). The third-order valence-corrected chi connectivity index (χ3v) is 4.54. The molecule has 1 fully saturated rings. The second-order valence-electron chi connectivity index (χ2n) is 4.64. The minimum Gasteiger partial charge on any atom is -0.326 e. The fourth-order valence-electron chi connectivity index (χ4n) is 2.16. The van der Waals surface area contributed by atoms with Crippen LogP contribution in [0.4, 0.5) is 5.69 Å². The number of benzene rings is 1. The first kappa shape index (κ1) is 13.8. The lowest BCUT2D eigenvalue weighted by Gasteiger charge is -2.20. The monoisotopic (exact) mass is 283 g/mol. The summed E-state index contributed by atoms with van der Waals surface area (Å²) < 4.78 is 0. The average molecular weight is 284 g/mol. The number of carbonyl (C=O) groups is 1. The van der Waals surface area contributed by atoms with Crippen LogP contribution < -0.4 is 5.32 Å². The van der Waals surface area contributed by atoms with Crippen molar-refractivity contribution in [1.82, 2.24) is 0 Å². The Morgan fingerprint density at radius 3 is 2.89 bits per heavy atom. The largest absolute Gasteiger partial charge is 0.326 e. The predicted octanol–water partition coefficient (Wildman–Crippen LogP) is 3.90. The first-order valence-corrected chi connectivity index (χ1v) is 7.99. The zero-order chi connectivity index (χ0) is 12.8. The van der Waals surface area contributed by atoms with Crippen LogP contribution in [0.25, 0.3) is 0 Å². The molecule has 0 unspecified atom stereocenters. The van der Waals surface area contributed by atoms with Gasteiger partial charge < -0.3 is 5.32 Å². The SMILES string of the molecule is O=C(CC1CCSCC1)Nc1cccc(CCl)c1. The van der Waals surface area contributed by atoms with Crippen LogP contribution in [0.5, 0.6) is 0 Å². The second-order valence-corrected chi connectivity index (χ2v) is 6.13. The van der Waals surface area contributed by atoms with E-state index in [1.165, 1.54) is 24.3 Å². The average Bonchev–Trinajstić information content (AvgIpc) is 2.40. The van der Waals surface area contributed by atoms with Crippen molar-refractivity contribution in [3.05, 3.63) is 29.8 Å². The Kier molecular flexibility index (Phi) is 5.39. The lowest BCUT2D eigenvalue weighted by molar-refractivity contribution is -0.117. The molecule has 0 bridgehead atoms. The Balaban J connectivity index is 1.85. The van der Waals surface area contributed by atoms with Gasteiger partial charge in [-0.3, -0.25) is 4.79 Å². The molecule has 0 spiro atoms. The summed E-state index contributed by atoms with van der Waals surface area (Å²) in [5, 5.41) is 2.96. The zero-order valence-electron chi connectivity index (χ0n) is 10.3. The molecule has 1 amide bonds. The number of nitrogens with one attached hydrogen (secondary N) is 1. The van der Waals surface area contributed by atoms with Crippen molar-refractivity contribution in [2.75, 3.05) is 16.8 Å². The van der Waals surface area contributed by atoms with Gasteiger partial charge in [0.15, 0.2) is 0 Å². The van der Waals surface area contributed by atoms with E-state index in [1.54, 1.807) is 0 Å². The topological polar surface area (TPSA) is 29.1 Å². The number of halogens is 1. The normalized spacial score (nSPS) is 16.5. The summed E-state index contributed by atoms with van der Waals surface area (Å²) in [7, 11) is 0. The smallest absolute Gasteiger partial charge is 0.224 e. The lowest BCUT2D eigenvalue weighted by atomic mass is 9.98. The van der Waals surface area contributed by atoms with Gasteiger partial charge >= 0.3 is 0 Å². The highest BCUT2D eigenvalue weighted by molar-refractivity contribution is 7.99. The maximum absolute atomic E-state index is 11.9. The highest BCUT2D eigenvalue weighted by Crippen LogP contribution is 2.25. The Bertz CT molecular complexity index is 405. The van der Waals surface area contributed by atoms with E-state index in [0.29, 0.717) is 18.2 Å². The minimum absolute atomic E-state index is 0.124. The van der Waals surface area contributed by atoms with Gasteiger partial charge in [0, 0.05) is 18.0 Å². The highest BCUT2D eigenvalue weighted by Gasteiger charge is 2.17. The molecule has 2 rings (SSSR count). The maximum Gasteiger partial charge on any atom is 0.224 e. The number of hydrogen-bond acceptors (Lipinski definition) is 2. The van der Waals surface area contributed by atoms with E-state index >= 15 is 0 Å². The quantitative estimate of drug-likeness (QED) is 0.849. The van der Waals surface area contributed by atoms with E-state index in [2.05, 4.69) is 5.32 Å². The molecule has 4 heteroatoms. The van der Waals surface area contributed by atoms with Crippen molar-refractivity contribution in [3.8, 4) is 0 Å². The van der Waals surface area contributed by atoms with Gasteiger partial charge in [0.1, 0.15) is 0 Å². The molecule has 2 nitrogen and oxygen atoms in total. The van der Waals surface area contributed by atoms with E-state index < -0.39 is 0 Å². The van der Waals surface area contributed by atoms with Crippen molar-refractivity contribution >= 4 is 35.0 Å². The molecule has 1 N–H and O–H groups in total. The molecule has 1 aromatic carbocycles. The summed E-state index contributed by atoms with van der Waals surface area (Å²) in [5.74, 6) is 3.55. The summed E-state index contributed by atoms with van der Waals surface area (Å²) in [6.45, 7) is 0. The van der Waals surface area contributed by atoms with Crippen molar-refractivity contribution in [2.45, 2.75) is 25.1 Å². The number of thioether (sulfide) groups is 1. The van der Waals surface area contributed by atoms with Crippen LogP contribution >= 0.6 is 23.4 Å². The Labute approximate surface area is 117 Å². The summed E-state index contributed by atoms with van der Waals surface area (Å²) in [6, 6.07) is 7.72. The molecule has 18 heavy (non-hydrogen) atoms. The number of hydrogen-bond donors (Lipinski definition) is 1. The Morgan fingerprint density at radius 1 is 1.39 bits per heavy atom. The summed E-state index contributed by atoms with van der Waals surface area (Å²) in [4.78, 5) is 11.9. The third kappa shape index (κ3) is 4.21. The number of rotatable bonds is 4. The van der Waals surface area contributed by atoms with Crippen molar-refractivity contribution in [1.29, 1.82) is 0 Å². The van der Waals surface area contributed by atoms with Crippen molar-refractivity contribution < 1.29 is 4.79 Å². The fourth-order valence-corrected chi connectivity index (χ4v) is 3.53. The number of alkyl halides is 1. The molecule has 1 aliphatic heterocycles. The van der Waals surface area contributed by atoms with Crippen molar-refractivity contribution in [3.63, 3.8) is 0 Å². The molecule has 1 aliphatic rings. The third-order valence-electron chi connectivity index (χ3n) is 3.18. The number of carbonyl (C=O) groups excluding carboxylic acids is 1. The van der Waals surface area contributed by atoms with Crippen LogP contribution in [0, 0.1) is 5.92 Å². The van der Waals surface area contributed by atoms with E-state index in [9.17, 15) is 4.79 Å².